The van der Waals surface area contributed by atoms with E-state index in [9.17, 15) is 0 Å². The van der Waals surface area contributed by atoms with Crippen LogP contribution in [0.25, 0.3) is 22.4 Å². The minimum Gasteiger partial charge on any atom is -0.338 e. The minimum absolute atomic E-state index is 0.938. The molecule has 2 aromatic carbocycles. The number of aryl methyl sites for hydroxylation is 2. The second kappa shape index (κ2) is 4.39. The van der Waals surface area contributed by atoms with E-state index in [1.807, 2.05) is 0 Å². The van der Waals surface area contributed by atoms with Gasteiger partial charge in [-0.05, 0) is 71.8 Å². The number of aromatic nitrogens is 2. The zero-order valence-corrected chi connectivity index (χ0v) is 12.4. The van der Waals surface area contributed by atoms with Crippen molar-refractivity contribution in [2.45, 2.75) is 13.8 Å². The van der Waals surface area contributed by atoms with Crippen molar-refractivity contribution in [1.29, 1.82) is 0 Å². The first-order valence-corrected chi connectivity index (χ1v) is 6.94. The van der Waals surface area contributed by atoms with Crippen molar-refractivity contribution in [2.75, 3.05) is 0 Å². The van der Waals surface area contributed by atoms with Gasteiger partial charge in [-0.2, -0.15) is 0 Å². The van der Waals surface area contributed by atoms with Gasteiger partial charge in [0.25, 0.3) is 0 Å². The number of imidazole rings is 1. The predicted molar refractivity (Wildman–Crippen MR) is 83.7 cm³/mol. The number of rotatable bonds is 1. The van der Waals surface area contributed by atoms with Crippen molar-refractivity contribution >= 4 is 33.6 Å². The van der Waals surface area contributed by atoms with Gasteiger partial charge in [0.05, 0.1) is 11.0 Å². The molecule has 0 bridgehead atoms. The standard InChI is InChI=1S/C15H13IN2/c1-9-6-13-14(7-10(9)2)18-15(17-13)11-4-3-5-12(16)8-11/h3-8H,1-2H3,(H,17,18). The monoisotopic (exact) mass is 348 g/mol. The van der Waals surface area contributed by atoms with E-state index in [0.29, 0.717) is 0 Å². The first-order chi connectivity index (χ1) is 8.63. The molecule has 2 nitrogen and oxygen atoms in total. The fourth-order valence-electron chi connectivity index (χ4n) is 2.04. The van der Waals surface area contributed by atoms with Gasteiger partial charge in [0.15, 0.2) is 0 Å². The Kier molecular flexibility index (Phi) is 2.86. The van der Waals surface area contributed by atoms with Gasteiger partial charge in [-0.3, -0.25) is 0 Å². The number of H-pyrrole nitrogens is 1. The number of hydrogen-bond donors (Lipinski definition) is 1. The van der Waals surface area contributed by atoms with Crippen molar-refractivity contribution < 1.29 is 0 Å². The molecule has 0 saturated carbocycles. The smallest absolute Gasteiger partial charge is 0.138 e. The molecule has 1 heterocycles. The number of fused-ring (bicyclic) bond motifs is 1. The highest BCUT2D eigenvalue weighted by Crippen LogP contribution is 2.23. The van der Waals surface area contributed by atoms with E-state index in [2.05, 4.69) is 82.8 Å². The first-order valence-electron chi connectivity index (χ1n) is 5.86. The van der Waals surface area contributed by atoms with Crippen molar-refractivity contribution in [1.82, 2.24) is 9.97 Å². The zero-order chi connectivity index (χ0) is 12.7. The Bertz CT molecular complexity index is 689. The Morgan fingerprint density at radius 3 is 2.61 bits per heavy atom. The van der Waals surface area contributed by atoms with Crippen LogP contribution >= 0.6 is 22.6 Å². The maximum Gasteiger partial charge on any atom is 0.138 e. The van der Waals surface area contributed by atoms with Crippen LogP contribution in [0.2, 0.25) is 0 Å². The van der Waals surface area contributed by atoms with Crippen molar-refractivity contribution in [3.05, 3.63) is 51.1 Å². The summed E-state index contributed by atoms with van der Waals surface area (Å²) in [6, 6.07) is 12.7. The maximum atomic E-state index is 4.67. The molecule has 18 heavy (non-hydrogen) atoms. The first kappa shape index (κ1) is 11.7. The topological polar surface area (TPSA) is 28.7 Å². The summed E-state index contributed by atoms with van der Waals surface area (Å²) < 4.78 is 1.22. The van der Waals surface area contributed by atoms with Gasteiger partial charge in [0, 0.05) is 9.13 Å². The van der Waals surface area contributed by atoms with Gasteiger partial charge in [0.2, 0.25) is 0 Å². The average Bonchev–Trinajstić information content (AvgIpc) is 2.73. The van der Waals surface area contributed by atoms with Crippen LogP contribution in [0.5, 0.6) is 0 Å². The second-order valence-electron chi connectivity index (χ2n) is 4.55. The van der Waals surface area contributed by atoms with Crippen molar-refractivity contribution in [3.8, 4) is 11.4 Å². The largest absolute Gasteiger partial charge is 0.338 e. The van der Waals surface area contributed by atoms with E-state index in [1.165, 1.54) is 14.7 Å². The van der Waals surface area contributed by atoms with Crippen LogP contribution in [0.15, 0.2) is 36.4 Å². The SMILES string of the molecule is Cc1cc2nc(-c3cccc(I)c3)[nH]c2cc1C. The third-order valence-electron chi connectivity index (χ3n) is 3.20. The summed E-state index contributed by atoms with van der Waals surface area (Å²) in [4.78, 5) is 8.06. The van der Waals surface area contributed by atoms with Crippen LogP contribution < -0.4 is 0 Å². The Morgan fingerprint density at radius 1 is 1.06 bits per heavy atom. The van der Waals surface area contributed by atoms with Gasteiger partial charge in [-0.15, -0.1) is 0 Å². The number of halogens is 1. The lowest BCUT2D eigenvalue weighted by Crippen LogP contribution is -1.80. The molecule has 0 saturated heterocycles. The molecule has 0 fully saturated rings. The van der Waals surface area contributed by atoms with E-state index in [-0.39, 0.29) is 0 Å². The van der Waals surface area contributed by atoms with Crippen LogP contribution in [0.1, 0.15) is 11.1 Å². The van der Waals surface area contributed by atoms with Gasteiger partial charge in [-0.25, -0.2) is 4.98 Å². The number of nitrogens with one attached hydrogen (secondary N) is 1. The molecule has 90 valence electrons. The molecule has 0 spiro atoms. The maximum absolute atomic E-state index is 4.67. The molecule has 0 amide bonds. The van der Waals surface area contributed by atoms with Gasteiger partial charge < -0.3 is 4.98 Å². The van der Waals surface area contributed by atoms with E-state index in [4.69, 9.17) is 0 Å². The summed E-state index contributed by atoms with van der Waals surface area (Å²) in [7, 11) is 0. The molecule has 3 aromatic rings. The van der Waals surface area contributed by atoms with Gasteiger partial charge in [-0.1, -0.05) is 12.1 Å². The molecule has 0 aliphatic carbocycles. The van der Waals surface area contributed by atoms with Gasteiger partial charge in [0.1, 0.15) is 5.82 Å². The van der Waals surface area contributed by atoms with E-state index in [0.717, 1.165) is 22.4 Å². The molecule has 1 N–H and O–H groups in total. The highest BCUT2D eigenvalue weighted by molar-refractivity contribution is 14.1. The lowest BCUT2D eigenvalue weighted by Gasteiger charge is -1.97. The van der Waals surface area contributed by atoms with Crippen LogP contribution in [0.4, 0.5) is 0 Å². The Morgan fingerprint density at radius 2 is 1.83 bits per heavy atom. The molecule has 3 rings (SSSR count). The number of benzene rings is 2. The van der Waals surface area contributed by atoms with E-state index < -0.39 is 0 Å². The molecule has 0 aliphatic rings. The minimum atomic E-state index is 0.938. The average molecular weight is 348 g/mol. The van der Waals surface area contributed by atoms with Crippen molar-refractivity contribution in [3.63, 3.8) is 0 Å². The molecular weight excluding hydrogens is 335 g/mol. The van der Waals surface area contributed by atoms with Crippen LogP contribution in [-0.2, 0) is 0 Å². The quantitative estimate of drug-likeness (QED) is 0.647. The van der Waals surface area contributed by atoms with Crippen LogP contribution in [0, 0.1) is 17.4 Å². The van der Waals surface area contributed by atoms with Crippen LogP contribution in [0.3, 0.4) is 0 Å². The summed E-state index contributed by atoms with van der Waals surface area (Å²) in [5, 5.41) is 0. The second-order valence-corrected chi connectivity index (χ2v) is 5.80. The summed E-state index contributed by atoms with van der Waals surface area (Å²) >= 11 is 2.32. The molecule has 1 aromatic heterocycles. The molecular formula is C15H13IN2. The molecule has 3 heteroatoms. The lowest BCUT2D eigenvalue weighted by atomic mass is 10.1. The summed E-state index contributed by atoms with van der Waals surface area (Å²) in [5.74, 6) is 0.938. The predicted octanol–water partition coefficient (Wildman–Crippen LogP) is 4.45. The highest BCUT2D eigenvalue weighted by atomic mass is 127. The fourth-order valence-corrected chi connectivity index (χ4v) is 2.59. The summed E-state index contributed by atoms with van der Waals surface area (Å²) in [5.41, 5.74) is 5.84. The third-order valence-corrected chi connectivity index (χ3v) is 3.87. The van der Waals surface area contributed by atoms with Crippen LogP contribution in [-0.4, -0.2) is 9.97 Å². The molecule has 0 radical (unpaired) electrons. The highest BCUT2D eigenvalue weighted by Gasteiger charge is 2.06. The Labute approximate surface area is 120 Å². The summed E-state index contributed by atoms with van der Waals surface area (Å²) in [6.07, 6.45) is 0. The number of aromatic amines is 1. The number of nitrogens with zero attached hydrogens (tertiary/aromatic N) is 1. The van der Waals surface area contributed by atoms with E-state index in [1.54, 1.807) is 0 Å². The van der Waals surface area contributed by atoms with E-state index >= 15 is 0 Å². The number of hydrogen-bond acceptors (Lipinski definition) is 1. The van der Waals surface area contributed by atoms with Gasteiger partial charge >= 0.3 is 0 Å². The van der Waals surface area contributed by atoms with Crippen molar-refractivity contribution in [2.24, 2.45) is 0 Å². The third kappa shape index (κ3) is 2.03. The molecule has 0 unspecified atom stereocenters. The molecule has 0 atom stereocenters. The summed E-state index contributed by atoms with van der Waals surface area (Å²) in [6.45, 7) is 4.25. The lowest BCUT2D eigenvalue weighted by molar-refractivity contribution is 1.33. The zero-order valence-electron chi connectivity index (χ0n) is 10.3. The normalized spacial score (nSPS) is 11.1. The Hall–Kier alpha value is -1.36. The fraction of sp³-hybridized carbons (Fsp3) is 0.133. The molecule has 0 aliphatic heterocycles. The Balaban J connectivity index is 2.19.